The van der Waals surface area contributed by atoms with Crippen molar-refractivity contribution >= 4 is 56.5 Å². The van der Waals surface area contributed by atoms with E-state index in [0.717, 1.165) is 43.7 Å². The van der Waals surface area contributed by atoms with Crippen molar-refractivity contribution in [3.05, 3.63) is 154 Å². The van der Waals surface area contributed by atoms with Crippen LogP contribution in [0.15, 0.2) is 125 Å². The van der Waals surface area contributed by atoms with Gasteiger partial charge in [0.05, 0.1) is 5.57 Å². The number of aliphatic hydroxyl groups is 1. The Kier molecular flexibility index (Phi) is 8.75. The SMILES string of the molecule is Cc1cccc(COc2ccc(C(O)=C3C(=O)C(=O)N(c4nnc(SCc5cccc6ccccc56)s4)C3c3ccccc3F)cc2)c1. The van der Waals surface area contributed by atoms with Gasteiger partial charge in [-0.25, -0.2) is 4.39 Å². The normalized spacial score (nSPS) is 15.7. The number of nitrogens with zero attached hydrogens (tertiary/aromatic N) is 3. The molecule has 48 heavy (non-hydrogen) atoms. The van der Waals surface area contributed by atoms with Crippen LogP contribution in [0.2, 0.25) is 0 Å². The van der Waals surface area contributed by atoms with Crippen LogP contribution < -0.4 is 9.64 Å². The van der Waals surface area contributed by atoms with Crippen LogP contribution in [0.4, 0.5) is 9.52 Å². The summed E-state index contributed by atoms with van der Waals surface area (Å²) in [5, 5.41) is 22.4. The van der Waals surface area contributed by atoms with Gasteiger partial charge in [-0.05, 0) is 59.2 Å². The second-order valence-corrected chi connectivity index (χ2v) is 13.4. The molecule has 1 amide bonds. The Hall–Kier alpha value is -5.32. The van der Waals surface area contributed by atoms with E-state index in [2.05, 4.69) is 34.5 Å². The molecule has 0 radical (unpaired) electrons. The van der Waals surface area contributed by atoms with Crippen molar-refractivity contribution in [3.8, 4) is 5.75 Å². The minimum atomic E-state index is -1.26. The molecule has 7 nitrogen and oxygen atoms in total. The van der Waals surface area contributed by atoms with Crippen LogP contribution in [0.25, 0.3) is 16.5 Å². The molecule has 0 aliphatic carbocycles. The van der Waals surface area contributed by atoms with Crippen molar-refractivity contribution < 1.29 is 23.8 Å². The average molecular weight is 674 g/mol. The molecule has 10 heteroatoms. The van der Waals surface area contributed by atoms with E-state index in [-0.39, 0.29) is 21.8 Å². The molecule has 1 aliphatic rings. The van der Waals surface area contributed by atoms with Crippen molar-refractivity contribution in [2.75, 3.05) is 4.90 Å². The summed E-state index contributed by atoms with van der Waals surface area (Å²) in [5.41, 5.74) is 3.35. The molecule has 5 aromatic carbocycles. The van der Waals surface area contributed by atoms with E-state index in [0.29, 0.717) is 22.4 Å². The zero-order valence-electron chi connectivity index (χ0n) is 25.7. The predicted octanol–water partition coefficient (Wildman–Crippen LogP) is 8.64. The number of aryl methyl sites for hydroxylation is 1. The Morgan fingerprint density at radius 1 is 0.917 bits per heavy atom. The van der Waals surface area contributed by atoms with Crippen molar-refractivity contribution in [1.29, 1.82) is 0 Å². The van der Waals surface area contributed by atoms with Gasteiger partial charge in [0.2, 0.25) is 5.13 Å². The number of thioether (sulfide) groups is 1. The summed E-state index contributed by atoms with van der Waals surface area (Å²) in [5.74, 6) is -1.76. The first-order valence-corrected chi connectivity index (χ1v) is 16.9. The van der Waals surface area contributed by atoms with Crippen molar-refractivity contribution in [2.45, 2.75) is 29.7 Å². The molecule has 7 rings (SSSR count). The Morgan fingerprint density at radius 2 is 1.67 bits per heavy atom. The highest BCUT2D eigenvalue weighted by Gasteiger charge is 2.49. The van der Waals surface area contributed by atoms with Crippen molar-refractivity contribution in [3.63, 3.8) is 0 Å². The summed E-state index contributed by atoms with van der Waals surface area (Å²) in [4.78, 5) is 28.3. The number of benzene rings is 5. The number of ether oxygens (including phenoxy) is 1. The molecule has 1 N–H and O–H groups in total. The summed E-state index contributed by atoms with van der Waals surface area (Å²) < 4.78 is 21.8. The number of Topliss-reactive ketones (excluding diaryl/α,β-unsaturated/α-hetero) is 1. The largest absolute Gasteiger partial charge is 0.507 e. The third-order valence-corrected chi connectivity index (χ3v) is 10.2. The number of hydrogen-bond donors (Lipinski definition) is 1. The molecule has 1 fully saturated rings. The second-order valence-electron chi connectivity index (χ2n) is 11.3. The topological polar surface area (TPSA) is 92.6 Å². The van der Waals surface area contributed by atoms with Gasteiger partial charge in [-0.1, -0.05) is 114 Å². The van der Waals surface area contributed by atoms with Gasteiger partial charge in [-0.3, -0.25) is 14.5 Å². The number of hydrogen-bond acceptors (Lipinski definition) is 8. The number of carbonyl (C=O) groups is 2. The van der Waals surface area contributed by atoms with Crippen LogP contribution in [-0.4, -0.2) is 27.0 Å². The highest BCUT2D eigenvalue weighted by Crippen LogP contribution is 2.45. The minimum Gasteiger partial charge on any atom is -0.507 e. The second kappa shape index (κ2) is 13.4. The first kappa shape index (κ1) is 31.3. The third kappa shape index (κ3) is 6.20. The first-order valence-electron chi connectivity index (χ1n) is 15.1. The van der Waals surface area contributed by atoms with Gasteiger partial charge in [0, 0.05) is 16.9 Å². The maximum atomic E-state index is 15.4. The number of fused-ring (bicyclic) bond motifs is 1. The van der Waals surface area contributed by atoms with Gasteiger partial charge in [-0.2, -0.15) is 0 Å². The summed E-state index contributed by atoms with van der Waals surface area (Å²) in [6, 6.07) is 33.4. The molecule has 0 bridgehead atoms. The van der Waals surface area contributed by atoms with Crippen LogP contribution in [-0.2, 0) is 21.9 Å². The molecular formula is C38H28FN3O4S2. The molecule has 1 atom stereocenters. The van der Waals surface area contributed by atoms with Gasteiger partial charge in [0.25, 0.3) is 5.78 Å². The Balaban J connectivity index is 1.18. The molecule has 1 saturated heterocycles. The zero-order chi connectivity index (χ0) is 33.2. The van der Waals surface area contributed by atoms with E-state index < -0.39 is 29.3 Å². The van der Waals surface area contributed by atoms with E-state index in [4.69, 9.17) is 4.74 Å². The molecule has 0 spiro atoms. The van der Waals surface area contributed by atoms with Gasteiger partial charge in [-0.15, -0.1) is 10.2 Å². The minimum absolute atomic E-state index is 0.0523. The van der Waals surface area contributed by atoms with E-state index in [1.54, 1.807) is 30.3 Å². The lowest BCUT2D eigenvalue weighted by Gasteiger charge is -2.22. The summed E-state index contributed by atoms with van der Waals surface area (Å²) in [6.07, 6.45) is 0. The number of aliphatic hydroxyl groups excluding tert-OH is 1. The fourth-order valence-electron chi connectivity index (χ4n) is 5.77. The van der Waals surface area contributed by atoms with E-state index >= 15 is 4.39 Å². The number of halogens is 1. The Morgan fingerprint density at radius 3 is 2.48 bits per heavy atom. The van der Waals surface area contributed by atoms with Crippen LogP contribution in [0, 0.1) is 12.7 Å². The molecule has 1 aromatic heterocycles. The molecule has 1 aliphatic heterocycles. The first-order chi connectivity index (χ1) is 23.4. The predicted molar refractivity (Wildman–Crippen MR) is 187 cm³/mol. The molecule has 6 aromatic rings. The van der Waals surface area contributed by atoms with Crippen LogP contribution in [0.5, 0.6) is 5.75 Å². The lowest BCUT2D eigenvalue weighted by atomic mass is 9.95. The number of anilines is 1. The Bertz CT molecular complexity index is 2190. The standard InChI is InChI=1S/C38H28FN3O4S2/c1-23-8-6-9-24(20-23)21-46-28-18-16-26(17-19-28)34(43)32-33(30-14-4-5-15-31(30)39)42(36(45)35(32)44)37-40-41-38(48-37)47-22-27-12-7-11-25-10-2-3-13-29(25)27/h2-20,33,43H,21-22H2,1H3. The lowest BCUT2D eigenvalue weighted by molar-refractivity contribution is -0.132. The quantitative estimate of drug-likeness (QED) is 0.0540. The number of carbonyl (C=O) groups excluding carboxylic acids is 2. The van der Waals surface area contributed by atoms with Gasteiger partial charge in [0.1, 0.15) is 30.0 Å². The number of aromatic nitrogens is 2. The van der Waals surface area contributed by atoms with Gasteiger partial charge < -0.3 is 9.84 Å². The molecule has 1 unspecified atom stereocenters. The Labute approximate surface area is 284 Å². The van der Waals surface area contributed by atoms with Crippen molar-refractivity contribution in [1.82, 2.24) is 10.2 Å². The molecular weight excluding hydrogens is 646 g/mol. The van der Waals surface area contributed by atoms with E-state index in [1.165, 1.54) is 30.0 Å². The summed E-state index contributed by atoms with van der Waals surface area (Å²) >= 11 is 2.58. The van der Waals surface area contributed by atoms with Crippen LogP contribution >= 0.6 is 23.1 Å². The highest BCUT2D eigenvalue weighted by molar-refractivity contribution is 8.00. The fraction of sp³-hybridized carbons (Fsp3) is 0.105. The summed E-state index contributed by atoms with van der Waals surface area (Å²) in [7, 11) is 0. The smallest absolute Gasteiger partial charge is 0.301 e. The maximum Gasteiger partial charge on any atom is 0.301 e. The average Bonchev–Trinajstić information content (AvgIpc) is 3.68. The third-order valence-electron chi connectivity index (χ3n) is 8.09. The molecule has 0 saturated carbocycles. The zero-order valence-corrected chi connectivity index (χ0v) is 27.3. The van der Waals surface area contributed by atoms with E-state index in [1.807, 2.05) is 49.4 Å². The number of ketones is 1. The van der Waals surface area contributed by atoms with Gasteiger partial charge in [0.15, 0.2) is 4.34 Å². The molecule has 238 valence electrons. The number of amides is 1. The van der Waals surface area contributed by atoms with Crippen LogP contribution in [0.1, 0.15) is 33.9 Å². The van der Waals surface area contributed by atoms with Crippen molar-refractivity contribution in [2.24, 2.45) is 0 Å². The van der Waals surface area contributed by atoms with Crippen LogP contribution in [0.3, 0.4) is 0 Å². The molecule has 2 heterocycles. The summed E-state index contributed by atoms with van der Waals surface area (Å²) in [6.45, 7) is 2.37. The highest BCUT2D eigenvalue weighted by atomic mass is 32.2. The van der Waals surface area contributed by atoms with E-state index in [9.17, 15) is 14.7 Å². The monoisotopic (exact) mass is 673 g/mol. The van der Waals surface area contributed by atoms with Gasteiger partial charge >= 0.3 is 5.91 Å². The lowest BCUT2D eigenvalue weighted by Crippen LogP contribution is -2.29. The fourth-order valence-corrected chi connectivity index (χ4v) is 7.64. The number of rotatable bonds is 9. The maximum absolute atomic E-state index is 15.4.